The van der Waals surface area contributed by atoms with E-state index in [4.69, 9.17) is 0 Å². The largest absolute Gasteiger partial charge is 0.854 e. The first-order valence-corrected chi connectivity index (χ1v) is 8.38. The van der Waals surface area contributed by atoms with Gasteiger partial charge in [-0.2, -0.15) is 0 Å². The molecule has 0 amide bonds. The van der Waals surface area contributed by atoms with E-state index >= 15 is 0 Å². The van der Waals surface area contributed by atoms with Crippen LogP contribution in [0.15, 0.2) is 0 Å². The van der Waals surface area contributed by atoms with Crippen LogP contribution in [-0.2, 0) is 0 Å². The minimum absolute atomic E-state index is 0.167. The topological polar surface area (TPSA) is 23.1 Å². The van der Waals surface area contributed by atoms with Gasteiger partial charge in [0.05, 0.1) is 0 Å². The molecule has 0 N–H and O–H groups in total. The number of unbranched alkanes of at least 4 members (excludes halogenated alkanes) is 2. The smallest absolute Gasteiger partial charge is 0.0517 e. The molecule has 0 saturated heterocycles. The summed E-state index contributed by atoms with van der Waals surface area (Å²) in [5.74, 6) is 0.560. The van der Waals surface area contributed by atoms with Crippen molar-refractivity contribution in [2.45, 2.75) is 69.4 Å². The quantitative estimate of drug-likeness (QED) is 0.482. The van der Waals surface area contributed by atoms with Crippen LogP contribution in [0.2, 0.25) is 10.6 Å². The molecule has 0 heterocycles. The van der Waals surface area contributed by atoms with Gasteiger partial charge >= 0.3 is 65.3 Å². The summed E-state index contributed by atoms with van der Waals surface area (Å²) in [5, 5.41) is 13.0. The van der Waals surface area contributed by atoms with Crippen LogP contribution in [0.4, 0.5) is 0 Å². The Kier molecular flexibility index (Phi) is 13.0. The first-order valence-electron chi connectivity index (χ1n) is 6.74. The Balaban J connectivity index is 0.000000280. The van der Waals surface area contributed by atoms with Crippen LogP contribution in [0.3, 0.4) is 0 Å². The van der Waals surface area contributed by atoms with Crippen molar-refractivity contribution < 1.29 is 5.11 Å². The van der Waals surface area contributed by atoms with Crippen molar-refractivity contribution in [3.63, 3.8) is 0 Å². The standard InChI is InChI=1S/C5H9O.2C4H9.Al/c6-4-5-2-1-3-5;2*1-3-4-2;/h5H,1-4H2;2*1,3-4H2,2H3;/q-1;;;+1. The second kappa shape index (κ2) is 12.6. The third-order valence-corrected chi connectivity index (χ3v) is 4.62. The van der Waals surface area contributed by atoms with Crippen molar-refractivity contribution in [2.24, 2.45) is 5.92 Å². The number of hydrogen-bond donors (Lipinski definition) is 0. The molecule has 2 heteroatoms. The maximum absolute atomic E-state index is 9.91. The molecule has 88 valence electrons. The minimum atomic E-state index is 0.167. The number of rotatable bonds is 7. The van der Waals surface area contributed by atoms with Crippen molar-refractivity contribution in [1.82, 2.24) is 0 Å². The fourth-order valence-corrected chi connectivity index (χ4v) is 3.18. The third-order valence-electron chi connectivity index (χ3n) is 2.98. The van der Waals surface area contributed by atoms with Crippen LogP contribution >= 0.6 is 0 Å². The molecule has 0 unspecified atom stereocenters. The summed E-state index contributed by atoms with van der Waals surface area (Å²) in [6.07, 6.45) is 9.41. The zero-order chi connectivity index (χ0) is 11.4. The second-order valence-electron chi connectivity index (χ2n) is 4.54. The van der Waals surface area contributed by atoms with E-state index in [1.54, 1.807) is 0 Å². The maximum atomic E-state index is 9.91. The van der Waals surface area contributed by atoms with Gasteiger partial charge in [-0.15, -0.1) is 6.61 Å². The Bertz CT molecular complexity index is 104. The van der Waals surface area contributed by atoms with Gasteiger partial charge in [-0.3, -0.25) is 0 Å². The van der Waals surface area contributed by atoms with Gasteiger partial charge in [0, 0.05) is 0 Å². The summed E-state index contributed by atoms with van der Waals surface area (Å²) in [7, 11) is 0. The zero-order valence-corrected chi connectivity index (χ0v) is 11.8. The van der Waals surface area contributed by atoms with Crippen LogP contribution in [0.5, 0.6) is 0 Å². The van der Waals surface area contributed by atoms with Crippen molar-refractivity contribution >= 4 is 15.2 Å². The molecular weight excluding hydrogens is 199 g/mol. The van der Waals surface area contributed by atoms with E-state index < -0.39 is 0 Å². The van der Waals surface area contributed by atoms with Gasteiger partial charge in [0.15, 0.2) is 0 Å². The summed E-state index contributed by atoms with van der Waals surface area (Å²) in [4.78, 5) is 0. The van der Waals surface area contributed by atoms with Gasteiger partial charge in [0.2, 0.25) is 0 Å². The van der Waals surface area contributed by atoms with Crippen molar-refractivity contribution in [1.29, 1.82) is 0 Å². The third kappa shape index (κ3) is 10.8. The molecule has 0 radical (unpaired) electrons. The summed E-state index contributed by atoms with van der Waals surface area (Å²) < 4.78 is 0. The molecule has 0 atom stereocenters. The monoisotopic (exact) mass is 226 g/mol. The fraction of sp³-hybridized carbons (Fsp3) is 1.00. The van der Waals surface area contributed by atoms with Crippen LogP contribution in [0.1, 0.15) is 58.8 Å². The molecule has 1 fully saturated rings. The Morgan fingerprint density at radius 2 is 1.60 bits per heavy atom. The molecule has 0 aromatic carbocycles. The van der Waals surface area contributed by atoms with Crippen LogP contribution in [0, 0.1) is 5.92 Å². The van der Waals surface area contributed by atoms with E-state index in [1.807, 2.05) is 0 Å². The van der Waals surface area contributed by atoms with E-state index in [1.165, 1.54) is 55.5 Å². The van der Waals surface area contributed by atoms with Gasteiger partial charge in [0.1, 0.15) is 0 Å². The van der Waals surface area contributed by atoms with Gasteiger partial charge in [0.25, 0.3) is 0 Å². The molecule has 0 spiro atoms. The second-order valence-corrected chi connectivity index (χ2v) is 6.27. The Morgan fingerprint density at radius 1 is 1.07 bits per heavy atom. The molecule has 1 saturated carbocycles. The van der Waals surface area contributed by atoms with E-state index in [2.05, 4.69) is 13.8 Å². The van der Waals surface area contributed by atoms with E-state index in [0.717, 1.165) is 15.2 Å². The predicted molar refractivity (Wildman–Crippen MR) is 67.4 cm³/mol. The average molecular weight is 226 g/mol. The molecule has 0 aromatic rings. The fourth-order valence-electron chi connectivity index (χ4n) is 1.50. The predicted octanol–water partition coefficient (Wildman–Crippen LogP) is 3.27. The molecule has 1 aliphatic rings. The summed E-state index contributed by atoms with van der Waals surface area (Å²) >= 11 is 0.818. The Hall–Kier alpha value is 0.492. The molecule has 1 rings (SSSR count). The van der Waals surface area contributed by atoms with E-state index in [-0.39, 0.29) is 6.61 Å². The molecule has 1 aliphatic carbocycles. The first kappa shape index (κ1) is 15.5. The van der Waals surface area contributed by atoms with Crippen molar-refractivity contribution in [2.75, 3.05) is 6.61 Å². The van der Waals surface area contributed by atoms with E-state index in [9.17, 15) is 5.11 Å². The molecule has 0 aromatic heterocycles. The first-order chi connectivity index (χ1) is 7.35. The zero-order valence-electron chi connectivity index (χ0n) is 10.6. The summed E-state index contributed by atoms with van der Waals surface area (Å²) in [6.45, 7) is 4.72. The summed E-state index contributed by atoms with van der Waals surface area (Å²) in [6, 6.07) is 0. The minimum Gasteiger partial charge on any atom is -0.854 e. The van der Waals surface area contributed by atoms with Crippen molar-refractivity contribution in [3.8, 4) is 0 Å². The van der Waals surface area contributed by atoms with Gasteiger partial charge in [-0.05, 0) is 0 Å². The van der Waals surface area contributed by atoms with Gasteiger partial charge in [-0.25, -0.2) is 0 Å². The normalized spacial score (nSPS) is 14.9. The summed E-state index contributed by atoms with van der Waals surface area (Å²) in [5.41, 5.74) is 0. The molecule has 1 nitrogen and oxygen atoms in total. The van der Waals surface area contributed by atoms with Crippen molar-refractivity contribution in [3.05, 3.63) is 0 Å². The van der Waals surface area contributed by atoms with Crippen LogP contribution < -0.4 is 5.11 Å². The van der Waals surface area contributed by atoms with Gasteiger partial charge < -0.3 is 5.11 Å². The Morgan fingerprint density at radius 3 is 1.80 bits per heavy atom. The SMILES string of the molecule is CCC[CH2][Al+][CH2]CCC.[O-]CC1CCC1. The average Bonchev–Trinajstić information content (AvgIpc) is 2.17. The Labute approximate surface area is 102 Å². The molecule has 15 heavy (non-hydrogen) atoms. The molecule has 0 bridgehead atoms. The van der Waals surface area contributed by atoms with Gasteiger partial charge in [-0.1, -0.05) is 25.2 Å². The maximum Gasteiger partial charge on any atom is -0.0517 e. The van der Waals surface area contributed by atoms with E-state index in [0.29, 0.717) is 5.92 Å². The number of hydrogen-bond acceptors (Lipinski definition) is 1. The molecule has 0 aliphatic heterocycles. The van der Waals surface area contributed by atoms with Crippen LogP contribution in [-0.4, -0.2) is 21.8 Å². The molecular formula is C13H27AlO. The van der Waals surface area contributed by atoms with Crippen LogP contribution in [0.25, 0.3) is 0 Å².